The molecule has 176 valence electrons. The lowest BCUT2D eigenvalue weighted by Crippen LogP contribution is -2.51. The number of carboxylic acids is 1. The number of carbonyl (C=O) groups is 5. The van der Waals surface area contributed by atoms with E-state index in [1.807, 2.05) is 0 Å². The molecule has 0 saturated carbocycles. The number of hydrogen-bond donors (Lipinski definition) is 3. The Hall–Kier alpha value is -2.49. The Balaban J connectivity index is 2.35. The van der Waals surface area contributed by atoms with Crippen LogP contribution in [0.25, 0.3) is 0 Å². The molecule has 1 aliphatic rings. The van der Waals surface area contributed by atoms with Gasteiger partial charge in [0.2, 0.25) is 23.6 Å². The highest BCUT2D eigenvalue weighted by Crippen LogP contribution is 2.15. The van der Waals surface area contributed by atoms with Gasteiger partial charge in [-0.25, -0.2) is 4.79 Å². The largest absolute Gasteiger partial charge is 0.480 e. The molecule has 10 heteroatoms. The van der Waals surface area contributed by atoms with Gasteiger partial charge in [-0.1, -0.05) is 27.7 Å². The van der Waals surface area contributed by atoms with Gasteiger partial charge in [0.1, 0.15) is 0 Å². The average Bonchev–Trinajstić information content (AvgIpc) is 2.97. The summed E-state index contributed by atoms with van der Waals surface area (Å²) in [4.78, 5) is 61.9. The molecule has 1 heterocycles. The highest BCUT2D eigenvalue weighted by molar-refractivity contribution is 6.05. The van der Waals surface area contributed by atoms with Crippen molar-refractivity contribution in [2.75, 3.05) is 32.7 Å². The number of nitrogens with zero attached hydrogens (tertiary/aromatic N) is 2. The molecule has 31 heavy (non-hydrogen) atoms. The second-order valence-electron chi connectivity index (χ2n) is 8.71. The van der Waals surface area contributed by atoms with E-state index in [0.29, 0.717) is 29.7 Å². The zero-order valence-corrected chi connectivity index (χ0v) is 19.0. The van der Waals surface area contributed by atoms with Crippen molar-refractivity contribution in [3.05, 3.63) is 0 Å². The molecular weight excluding hydrogens is 404 g/mol. The number of rotatable bonds is 14. The Labute approximate surface area is 183 Å². The van der Waals surface area contributed by atoms with Crippen LogP contribution in [-0.4, -0.2) is 83.3 Å². The first-order valence-corrected chi connectivity index (χ1v) is 10.8. The summed E-state index contributed by atoms with van der Waals surface area (Å²) in [6.07, 6.45) is 0.270. The third-order valence-electron chi connectivity index (χ3n) is 4.76. The van der Waals surface area contributed by atoms with Crippen molar-refractivity contribution in [3.8, 4) is 0 Å². The molecule has 1 atom stereocenters. The van der Waals surface area contributed by atoms with Crippen LogP contribution in [0.2, 0.25) is 0 Å². The lowest BCUT2D eigenvalue weighted by atomic mass is 10.1. The molecule has 1 fully saturated rings. The zero-order chi connectivity index (χ0) is 23.6. The highest BCUT2D eigenvalue weighted by Gasteiger charge is 2.38. The molecule has 3 N–H and O–H groups in total. The predicted molar refractivity (Wildman–Crippen MR) is 114 cm³/mol. The molecule has 1 rings (SSSR count). The second kappa shape index (κ2) is 13.0. The number of hydrogen-bond acceptors (Lipinski definition) is 6. The van der Waals surface area contributed by atoms with Crippen LogP contribution in [0.4, 0.5) is 0 Å². The molecule has 0 spiro atoms. The van der Waals surface area contributed by atoms with Crippen LogP contribution >= 0.6 is 0 Å². The lowest BCUT2D eigenvalue weighted by molar-refractivity contribution is -0.154. The lowest BCUT2D eigenvalue weighted by Gasteiger charge is -2.25. The molecule has 0 aromatic carbocycles. The molecule has 0 aromatic rings. The summed E-state index contributed by atoms with van der Waals surface area (Å²) in [5.41, 5.74) is 0. The Morgan fingerprint density at radius 3 is 1.94 bits per heavy atom. The summed E-state index contributed by atoms with van der Waals surface area (Å²) < 4.78 is 0. The van der Waals surface area contributed by atoms with Crippen LogP contribution in [0.5, 0.6) is 0 Å². The minimum atomic E-state index is -1.42. The molecule has 0 aromatic heterocycles. The molecule has 1 saturated heterocycles. The van der Waals surface area contributed by atoms with Gasteiger partial charge in [0, 0.05) is 58.4 Å². The van der Waals surface area contributed by atoms with Gasteiger partial charge in [-0.2, -0.15) is 0 Å². The van der Waals surface area contributed by atoms with Gasteiger partial charge in [0.05, 0.1) is 0 Å². The fraction of sp³-hybridized carbons (Fsp3) is 0.762. The summed E-state index contributed by atoms with van der Waals surface area (Å²) in [5, 5.41) is 14.4. The summed E-state index contributed by atoms with van der Waals surface area (Å²) in [6, 6.07) is -1.42. The molecular formula is C21H36N4O6. The number of aliphatic carboxylic acids is 1. The number of nitrogens with one attached hydrogen (secondary N) is 2. The van der Waals surface area contributed by atoms with Gasteiger partial charge in [-0.3, -0.25) is 24.1 Å². The van der Waals surface area contributed by atoms with E-state index in [9.17, 15) is 29.1 Å². The number of carbonyl (C=O) groups excluding carboxylic acids is 4. The summed E-state index contributed by atoms with van der Waals surface area (Å²) >= 11 is 0. The Morgan fingerprint density at radius 2 is 1.45 bits per heavy atom. The van der Waals surface area contributed by atoms with Gasteiger partial charge in [-0.05, 0) is 11.8 Å². The van der Waals surface area contributed by atoms with Crippen molar-refractivity contribution in [2.24, 2.45) is 11.8 Å². The third-order valence-corrected chi connectivity index (χ3v) is 4.76. The van der Waals surface area contributed by atoms with Gasteiger partial charge < -0.3 is 20.6 Å². The second-order valence-corrected chi connectivity index (χ2v) is 8.71. The molecule has 0 bridgehead atoms. The number of amides is 4. The fourth-order valence-corrected chi connectivity index (χ4v) is 3.48. The quantitative estimate of drug-likeness (QED) is 0.329. The first kappa shape index (κ1) is 26.5. The molecule has 10 nitrogen and oxygen atoms in total. The smallest absolute Gasteiger partial charge is 0.328 e. The standard InChI is InChI=1S/C21H36N4O6/c1-14(2)12-24(13-15(3)4)10-8-18(27)22-9-7-17(26)23-11-16(21(30)31)25-19(28)5-6-20(25)29/h14-16H,5-13H2,1-4H3,(H,22,27)(H,23,26)(H,30,31). The van der Waals surface area contributed by atoms with Gasteiger partial charge in [0.15, 0.2) is 6.04 Å². The van der Waals surface area contributed by atoms with E-state index in [4.69, 9.17) is 0 Å². The molecule has 4 amide bonds. The monoisotopic (exact) mass is 440 g/mol. The summed E-state index contributed by atoms with van der Waals surface area (Å²) in [6.45, 7) is 10.8. The van der Waals surface area contributed by atoms with Crippen molar-refractivity contribution in [1.29, 1.82) is 0 Å². The number of imide groups is 1. The van der Waals surface area contributed by atoms with E-state index < -0.39 is 29.7 Å². The van der Waals surface area contributed by atoms with Crippen molar-refractivity contribution in [3.63, 3.8) is 0 Å². The molecule has 0 radical (unpaired) electrons. The van der Waals surface area contributed by atoms with E-state index in [1.54, 1.807) is 0 Å². The summed E-state index contributed by atoms with van der Waals surface area (Å²) in [5.74, 6) is -2.07. The zero-order valence-electron chi connectivity index (χ0n) is 19.0. The van der Waals surface area contributed by atoms with Crippen LogP contribution in [0.1, 0.15) is 53.4 Å². The van der Waals surface area contributed by atoms with E-state index in [1.165, 1.54) is 0 Å². The Morgan fingerprint density at radius 1 is 0.935 bits per heavy atom. The third kappa shape index (κ3) is 9.91. The van der Waals surface area contributed by atoms with Crippen molar-refractivity contribution in [1.82, 2.24) is 20.4 Å². The van der Waals surface area contributed by atoms with E-state index >= 15 is 0 Å². The van der Waals surface area contributed by atoms with E-state index in [0.717, 1.165) is 13.1 Å². The van der Waals surface area contributed by atoms with Crippen LogP contribution in [0.3, 0.4) is 0 Å². The van der Waals surface area contributed by atoms with Crippen LogP contribution in [0.15, 0.2) is 0 Å². The average molecular weight is 441 g/mol. The van der Waals surface area contributed by atoms with Crippen molar-refractivity contribution in [2.45, 2.75) is 59.4 Å². The van der Waals surface area contributed by atoms with Crippen molar-refractivity contribution >= 4 is 29.6 Å². The van der Waals surface area contributed by atoms with Crippen LogP contribution in [-0.2, 0) is 24.0 Å². The Kier molecular flexibility index (Phi) is 11.2. The molecule has 1 unspecified atom stereocenters. The predicted octanol–water partition coefficient (Wildman–Crippen LogP) is 0.215. The van der Waals surface area contributed by atoms with Gasteiger partial charge in [0.25, 0.3) is 0 Å². The maximum atomic E-state index is 12.1. The van der Waals surface area contributed by atoms with E-state index in [2.05, 4.69) is 43.2 Å². The first-order valence-electron chi connectivity index (χ1n) is 10.8. The Bertz CT molecular complexity index is 638. The maximum absolute atomic E-state index is 12.1. The van der Waals surface area contributed by atoms with Crippen LogP contribution in [0, 0.1) is 11.8 Å². The topological polar surface area (TPSA) is 136 Å². The number of likely N-dealkylation sites (tertiary alicyclic amines) is 1. The molecule has 1 aliphatic heterocycles. The number of carboxylic acid groups (broad SMARTS) is 1. The minimum Gasteiger partial charge on any atom is -0.480 e. The first-order chi connectivity index (χ1) is 14.5. The van der Waals surface area contributed by atoms with Gasteiger partial charge in [-0.15, -0.1) is 0 Å². The van der Waals surface area contributed by atoms with Crippen molar-refractivity contribution < 1.29 is 29.1 Å². The van der Waals surface area contributed by atoms with Gasteiger partial charge >= 0.3 is 5.97 Å². The fourth-order valence-electron chi connectivity index (χ4n) is 3.48. The molecule has 0 aliphatic carbocycles. The minimum absolute atomic E-state index is 0.0195. The highest BCUT2D eigenvalue weighted by atomic mass is 16.4. The van der Waals surface area contributed by atoms with E-state index in [-0.39, 0.29) is 38.3 Å². The normalized spacial score (nSPS) is 15.1. The van der Waals surface area contributed by atoms with Crippen LogP contribution < -0.4 is 10.6 Å². The SMILES string of the molecule is CC(C)CN(CCC(=O)NCCC(=O)NCC(C(=O)O)N1C(=O)CCC1=O)CC(C)C. The maximum Gasteiger partial charge on any atom is 0.328 e. The summed E-state index contributed by atoms with van der Waals surface area (Å²) in [7, 11) is 0.